The van der Waals surface area contributed by atoms with Gasteiger partial charge in [0.1, 0.15) is 11.5 Å². The molecule has 10 heteroatoms. The average Bonchev–Trinajstić information content (AvgIpc) is 3.12. The largest absolute Gasteiger partial charge is 0.418 e. The number of amidine groups is 1. The Kier molecular flexibility index (Phi) is 5.21. The number of anilines is 1. The molecule has 1 fully saturated rings. The van der Waals surface area contributed by atoms with Crippen molar-refractivity contribution in [3.8, 4) is 0 Å². The van der Waals surface area contributed by atoms with Gasteiger partial charge < -0.3 is 11.1 Å². The predicted molar refractivity (Wildman–Crippen MR) is 107 cm³/mol. The Morgan fingerprint density at radius 2 is 2.10 bits per heavy atom. The molecule has 3 N–H and O–H groups in total. The lowest BCUT2D eigenvalue weighted by Gasteiger charge is -2.36. The fourth-order valence-electron chi connectivity index (χ4n) is 4.20. The van der Waals surface area contributed by atoms with Crippen LogP contribution in [0.25, 0.3) is 0 Å². The highest BCUT2D eigenvalue weighted by Gasteiger charge is 2.48. The number of carbonyl (C=O) groups is 1. The maximum absolute atomic E-state index is 14.8. The van der Waals surface area contributed by atoms with Crippen molar-refractivity contribution in [1.82, 2.24) is 4.98 Å². The monoisotopic (exact) mass is 438 g/mol. The fraction of sp³-hybridized carbons (Fsp3) is 0.350. The number of nitrogens with one attached hydrogen (secondary N) is 1. The van der Waals surface area contributed by atoms with Crippen molar-refractivity contribution in [2.45, 2.75) is 31.0 Å². The van der Waals surface area contributed by atoms with E-state index in [1.807, 2.05) is 0 Å². The molecule has 2 atom stereocenters. The summed E-state index contributed by atoms with van der Waals surface area (Å²) in [6, 6.07) is 5.83. The summed E-state index contributed by atoms with van der Waals surface area (Å²) >= 11 is 1.43. The van der Waals surface area contributed by atoms with Gasteiger partial charge in [0.25, 0.3) is 5.91 Å². The van der Waals surface area contributed by atoms with Crippen LogP contribution in [-0.2, 0) is 11.7 Å². The number of benzene rings is 1. The molecule has 1 aromatic carbocycles. The van der Waals surface area contributed by atoms with Gasteiger partial charge in [-0.2, -0.15) is 13.2 Å². The van der Waals surface area contributed by atoms with E-state index in [-0.39, 0.29) is 11.6 Å². The minimum atomic E-state index is -4.73. The third-order valence-corrected chi connectivity index (χ3v) is 6.50. The molecule has 1 aliphatic carbocycles. The molecule has 0 radical (unpaired) electrons. The van der Waals surface area contributed by atoms with Crippen LogP contribution in [0.15, 0.2) is 41.5 Å². The highest BCUT2D eigenvalue weighted by molar-refractivity contribution is 8.13. The molecule has 5 nitrogen and oxygen atoms in total. The van der Waals surface area contributed by atoms with Crippen molar-refractivity contribution in [3.05, 3.63) is 59.2 Å². The zero-order valence-corrected chi connectivity index (χ0v) is 16.5. The minimum Gasteiger partial charge on any atom is -0.379 e. The first-order valence-corrected chi connectivity index (χ1v) is 10.3. The first-order valence-electron chi connectivity index (χ1n) is 9.32. The number of aromatic nitrogens is 1. The van der Waals surface area contributed by atoms with E-state index in [0.717, 1.165) is 31.2 Å². The number of nitrogens with two attached hydrogens (primary N) is 1. The van der Waals surface area contributed by atoms with Crippen molar-refractivity contribution >= 4 is 28.5 Å². The van der Waals surface area contributed by atoms with Crippen molar-refractivity contribution < 1.29 is 22.4 Å². The van der Waals surface area contributed by atoms with E-state index in [9.17, 15) is 22.4 Å². The molecule has 2 aromatic rings. The van der Waals surface area contributed by atoms with E-state index in [1.54, 1.807) is 0 Å². The zero-order chi connectivity index (χ0) is 21.5. The third kappa shape index (κ3) is 3.64. The average molecular weight is 438 g/mol. The second-order valence-corrected chi connectivity index (χ2v) is 8.36. The van der Waals surface area contributed by atoms with Gasteiger partial charge >= 0.3 is 6.18 Å². The number of thioether (sulfide) groups is 1. The molecule has 2 aliphatic rings. The Morgan fingerprint density at radius 1 is 1.30 bits per heavy atom. The second-order valence-electron chi connectivity index (χ2n) is 7.32. The van der Waals surface area contributed by atoms with E-state index in [1.165, 1.54) is 30.0 Å². The topological polar surface area (TPSA) is 80.4 Å². The van der Waals surface area contributed by atoms with Crippen LogP contribution in [0.4, 0.5) is 23.2 Å². The molecule has 0 unspecified atom stereocenters. The van der Waals surface area contributed by atoms with Crippen molar-refractivity contribution in [3.63, 3.8) is 0 Å². The number of nitrogens with zero attached hydrogens (tertiary/aromatic N) is 2. The number of pyridine rings is 1. The Balaban J connectivity index is 1.69. The molecule has 0 saturated heterocycles. The maximum atomic E-state index is 14.8. The first-order chi connectivity index (χ1) is 14.2. The number of hydrogen-bond donors (Lipinski definition) is 2. The standard InChI is InChI=1S/C20H18F4N4OS/c21-15-6-5-12(27-17(29)16-13(20(22,23)24)4-2-8-26-16)9-14(15)19-7-1-3-11(19)10-30-18(25)28-19/h2,4-6,8-9,11H,1,3,7,10H2,(H2,25,28)(H,27,29)/t11-,19-/m0/s1. The van der Waals surface area contributed by atoms with E-state index >= 15 is 0 Å². The Bertz CT molecular complexity index is 1030. The Labute approximate surface area is 174 Å². The number of rotatable bonds is 3. The normalized spacial score (nSPS) is 23.6. The minimum absolute atomic E-state index is 0.0999. The number of aliphatic imine (C=N–C) groups is 1. The fourth-order valence-corrected chi connectivity index (χ4v) is 5.24. The molecule has 4 rings (SSSR count). The van der Waals surface area contributed by atoms with Crippen molar-refractivity contribution in [2.75, 3.05) is 11.1 Å². The number of alkyl halides is 3. The Hall–Kier alpha value is -2.62. The molecule has 1 amide bonds. The lowest BCUT2D eigenvalue weighted by atomic mass is 9.81. The number of halogens is 4. The van der Waals surface area contributed by atoms with Crippen LogP contribution in [0.2, 0.25) is 0 Å². The van der Waals surface area contributed by atoms with Crippen LogP contribution in [0, 0.1) is 11.7 Å². The number of fused-ring (bicyclic) bond motifs is 1. The van der Waals surface area contributed by atoms with Crippen LogP contribution in [0.5, 0.6) is 0 Å². The summed E-state index contributed by atoms with van der Waals surface area (Å²) in [6.07, 6.45) is -1.26. The maximum Gasteiger partial charge on any atom is 0.418 e. The van der Waals surface area contributed by atoms with Gasteiger partial charge in [-0.1, -0.05) is 18.2 Å². The summed E-state index contributed by atoms with van der Waals surface area (Å²) in [5.74, 6) is -0.697. The Morgan fingerprint density at radius 3 is 2.87 bits per heavy atom. The summed E-state index contributed by atoms with van der Waals surface area (Å²) < 4.78 is 54.4. The molecule has 1 aliphatic heterocycles. The van der Waals surface area contributed by atoms with E-state index < -0.39 is 34.7 Å². The van der Waals surface area contributed by atoms with Gasteiger partial charge in [0.15, 0.2) is 5.17 Å². The third-order valence-electron chi connectivity index (χ3n) is 5.55. The molecule has 0 spiro atoms. The summed E-state index contributed by atoms with van der Waals surface area (Å²) in [6.45, 7) is 0. The van der Waals surface area contributed by atoms with Gasteiger partial charge in [-0.05, 0) is 49.1 Å². The van der Waals surface area contributed by atoms with Gasteiger partial charge in [-0.3, -0.25) is 14.8 Å². The van der Waals surface area contributed by atoms with Gasteiger partial charge in [-0.15, -0.1) is 0 Å². The highest BCUT2D eigenvalue weighted by Crippen LogP contribution is 2.51. The molecular formula is C20H18F4N4OS. The predicted octanol–water partition coefficient (Wildman–Crippen LogP) is 4.55. The zero-order valence-electron chi connectivity index (χ0n) is 15.7. The molecular weight excluding hydrogens is 420 g/mol. The van der Waals surface area contributed by atoms with Gasteiger partial charge in [0.05, 0.1) is 11.1 Å². The van der Waals surface area contributed by atoms with Crippen LogP contribution in [0.1, 0.15) is 40.9 Å². The summed E-state index contributed by atoms with van der Waals surface area (Å²) in [7, 11) is 0. The quantitative estimate of drug-likeness (QED) is 0.689. The van der Waals surface area contributed by atoms with Gasteiger partial charge in [0, 0.05) is 23.2 Å². The van der Waals surface area contributed by atoms with Crippen LogP contribution < -0.4 is 11.1 Å². The molecule has 158 valence electrons. The number of carbonyl (C=O) groups excluding carboxylic acids is 1. The first kappa shape index (κ1) is 20.6. The highest BCUT2D eigenvalue weighted by atomic mass is 32.2. The van der Waals surface area contributed by atoms with E-state index in [0.29, 0.717) is 22.9 Å². The number of hydrogen-bond acceptors (Lipinski definition) is 5. The SMILES string of the molecule is NC1=N[C@@]2(c3cc(NC(=O)c4ncccc4C(F)(F)F)ccc3F)CCC[C@H]2CS1. The lowest BCUT2D eigenvalue weighted by Crippen LogP contribution is -2.37. The molecule has 1 saturated carbocycles. The second kappa shape index (κ2) is 7.57. The smallest absolute Gasteiger partial charge is 0.379 e. The molecule has 0 bridgehead atoms. The summed E-state index contributed by atoms with van der Waals surface area (Å²) in [4.78, 5) is 20.7. The molecule has 2 heterocycles. The molecule has 30 heavy (non-hydrogen) atoms. The number of amides is 1. The van der Waals surface area contributed by atoms with Crippen molar-refractivity contribution in [2.24, 2.45) is 16.6 Å². The summed E-state index contributed by atoms with van der Waals surface area (Å²) in [5.41, 5.74) is 3.68. The van der Waals surface area contributed by atoms with Crippen LogP contribution in [0.3, 0.4) is 0 Å². The van der Waals surface area contributed by atoms with Crippen LogP contribution >= 0.6 is 11.8 Å². The lowest BCUT2D eigenvalue weighted by molar-refractivity contribution is -0.138. The van der Waals surface area contributed by atoms with Crippen molar-refractivity contribution in [1.29, 1.82) is 0 Å². The molecule has 1 aromatic heterocycles. The van der Waals surface area contributed by atoms with Crippen LogP contribution in [-0.4, -0.2) is 21.8 Å². The van der Waals surface area contributed by atoms with E-state index in [4.69, 9.17) is 5.73 Å². The van der Waals surface area contributed by atoms with E-state index in [2.05, 4.69) is 15.3 Å². The van der Waals surface area contributed by atoms with Gasteiger partial charge in [0.2, 0.25) is 0 Å². The van der Waals surface area contributed by atoms with Gasteiger partial charge in [-0.25, -0.2) is 4.39 Å². The summed E-state index contributed by atoms with van der Waals surface area (Å²) in [5, 5.41) is 2.79.